The van der Waals surface area contributed by atoms with E-state index >= 15 is 0 Å². The van der Waals surface area contributed by atoms with Gasteiger partial charge in [-0.1, -0.05) is 19.1 Å². The van der Waals surface area contributed by atoms with Crippen LogP contribution in [0.25, 0.3) is 0 Å². The summed E-state index contributed by atoms with van der Waals surface area (Å²) in [7, 11) is 0. The third-order valence-electron chi connectivity index (χ3n) is 4.18. The van der Waals surface area contributed by atoms with Crippen molar-refractivity contribution in [2.24, 2.45) is 5.10 Å². The second-order valence-electron chi connectivity index (χ2n) is 6.53. The van der Waals surface area contributed by atoms with Crippen molar-refractivity contribution in [1.82, 2.24) is 10.6 Å². The average molecular weight is 358 g/mol. The Hall–Kier alpha value is -2.70. The molecule has 1 atom stereocenters. The number of nitrogens with zero attached hydrogens (tertiary/aromatic N) is 2. The molecule has 1 aliphatic heterocycles. The van der Waals surface area contributed by atoms with Crippen molar-refractivity contribution >= 4 is 29.1 Å². The van der Waals surface area contributed by atoms with Gasteiger partial charge in [0.25, 0.3) is 5.91 Å². The van der Waals surface area contributed by atoms with E-state index in [1.807, 2.05) is 39.0 Å². The lowest BCUT2D eigenvalue weighted by molar-refractivity contribution is -0.126. The van der Waals surface area contributed by atoms with Crippen LogP contribution in [0.1, 0.15) is 44.2 Å². The van der Waals surface area contributed by atoms with Crippen LogP contribution in [0.4, 0.5) is 5.69 Å². The highest BCUT2D eigenvalue weighted by molar-refractivity contribution is 6.40. The number of carbonyl (C=O) groups is 3. The van der Waals surface area contributed by atoms with Gasteiger partial charge in [0, 0.05) is 19.4 Å². The Kier molecular flexibility index (Phi) is 6.49. The quantitative estimate of drug-likeness (QED) is 0.813. The molecule has 0 saturated carbocycles. The first kappa shape index (κ1) is 19.6. The highest BCUT2D eigenvalue weighted by atomic mass is 16.2. The number of aryl methyl sites for hydroxylation is 2. The number of rotatable bonds is 6. The van der Waals surface area contributed by atoms with E-state index < -0.39 is 11.9 Å². The van der Waals surface area contributed by atoms with Gasteiger partial charge in [0.05, 0.1) is 5.69 Å². The lowest BCUT2D eigenvalue weighted by Gasteiger charge is -2.25. The number of hydrogen-bond acceptors (Lipinski definition) is 4. The molecule has 0 bridgehead atoms. The SMILES string of the molecule is CCCNC(=O)C(C)NC(=O)C1=NN(c2cc(C)ccc2C)C(=O)CC1. The van der Waals surface area contributed by atoms with Crippen molar-refractivity contribution < 1.29 is 14.4 Å². The molecule has 2 N–H and O–H groups in total. The molecule has 1 aromatic rings. The molecule has 1 aromatic carbocycles. The maximum absolute atomic E-state index is 12.5. The van der Waals surface area contributed by atoms with Crippen molar-refractivity contribution in [2.45, 2.75) is 53.0 Å². The zero-order valence-corrected chi connectivity index (χ0v) is 15.8. The van der Waals surface area contributed by atoms with Crippen LogP contribution >= 0.6 is 0 Å². The molecule has 0 radical (unpaired) electrons. The monoisotopic (exact) mass is 358 g/mol. The normalized spacial score (nSPS) is 15.3. The van der Waals surface area contributed by atoms with Gasteiger partial charge in [-0.05, 0) is 44.4 Å². The maximum Gasteiger partial charge on any atom is 0.268 e. The third kappa shape index (κ3) is 4.68. The third-order valence-corrected chi connectivity index (χ3v) is 4.18. The minimum Gasteiger partial charge on any atom is -0.354 e. The Labute approximate surface area is 153 Å². The van der Waals surface area contributed by atoms with Crippen LogP contribution in [-0.4, -0.2) is 36.0 Å². The van der Waals surface area contributed by atoms with Crippen molar-refractivity contribution in [3.63, 3.8) is 0 Å². The van der Waals surface area contributed by atoms with E-state index in [0.29, 0.717) is 12.2 Å². The molecule has 0 aliphatic carbocycles. The summed E-state index contributed by atoms with van der Waals surface area (Å²) in [5.74, 6) is -0.810. The molecule has 0 fully saturated rings. The summed E-state index contributed by atoms with van der Waals surface area (Å²) in [5.41, 5.74) is 2.84. The summed E-state index contributed by atoms with van der Waals surface area (Å²) in [6.45, 7) is 7.98. The molecular weight excluding hydrogens is 332 g/mol. The lowest BCUT2D eigenvalue weighted by atomic mass is 10.1. The molecule has 0 spiro atoms. The van der Waals surface area contributed by atoms with Crippen molar-refractivity contribution in [3.05, 3.63) is 29.3 Å². The Balaban J connectivity index is 2.16. The molecule has 26 heavy (non-hydrogen) atoms. The Morgan fingerprint density at radius 2 is 2.00 bits per heavy atom. The van der Waals surface area contributed by atoms with E-state index in [0.717, 1.165) is 17.5 Å². The van der Waals surface area contributed by atoms with Crippen molar-refractivity contribution in [2.75, 3.05) is 11.6 Å². The van der Waals surface area contributed by atoms with Crippen molar-refractivity contribution in [3.8, 4) is 0 Å². The molecular formula is C19H26N4O3. The van der Waals surface area contributed by atoms with Crippen molar-refractivity contribution in [1.29, 1.82) is 0 Å². The predicted molar refractivity (Wildman–Crippen MR) is 101 cm³/mol. The molecule has 0 aromatic heterocycles. The van der Waals surface area contributed by atoms with Gasteiger partial charge in [-0.3, -0.25) is 14.4 Å². The van der Waals surface area contributed by atoms with Gasteiger partial charge < -0.3 is 10.6 Å². The van der Waals surface area contributed by atoms with Crippen LogP contribution in [0.3, 0.4) is 0 Å². The summed E-state index contributed by atoms with van der Waals surface area (Å²) < 4.78 is 0. The van der Waals surface area contributed by atoms with Crippen LogP contribution < -0.4 is 15.6 Å². The van der Waals surface area contributed by atoms with Crippen LogP contribution in [0, 0.1) is 13.8 Å². The number of hydrogen-bond donors (Lipinski definition) is 2. The summed E-state index contributed by atoms with van der Waals surface area (Å²) in [6, 6.07) is 5.09. The van der Waals surface area contributed by atoms with Gasteiger partial charge in [-0.25, -0.2) is 5.01 Å². The van der Waals surface area contributed by atoms with Gasteiger partial charge in [0.2, 0.25) is 11.8 Å². The Morgan fingerprint density at radius 1 is 1.27 bits per heavy atom. The minimum atomic E-state index is -0.663. The zero-order chi connectivity index (χ0) is 19.3. The molecule has 1 unspecified atom stereocenters. The van der Waals surface area contributed by atoms with Crippen LogP contribution in [0.2, 0.25) is 0 Å². The first-order valence-electron chi connectivity index (χ1n) is 8.89. The first-order chi connectivity index (χ1) is 12.3. The molecule has 1 heterocycles. The predicted octanol–water partition coefficient (Wildman–Crippen LogP) is 1.82. The van der Waals surface area contributed by atoms with E-state index in [4.69, 9.17) is 0 Å². The Morgan fingerprint density at radius 3 is 2.69 bits per heavy atom. The standard InChI is InChI=1S/C19H26N4O3/c1-5-10-20-18(25)14(4)21-19(26)15-8-9-17(24)23(22-15)16-11-12(2)6-7-13(16)3/h6-7,11,14H,5,8-10H2,1-4H3,(H,20,25)(H,21,26). The second-order valence-corrected chi connectivity index (χ2v) is 6.53. The van der Waals surface area contributed by atoms with Crippen LogP contribution in [0.5, 0.6) is 0 Å². The maximum atomic E-state index is 12.5. The largest absolute Gasteiger partial charge is 0.354 e. The second kappa shape index (κ2) is 8.60. The fraction of sp³-hybridized carbons (Fsp3) is 0.474. The van der Waals surface area contributed by atoms with Crippen LogP contribution in [0.15, 0.2) is 23.3 Å². The van der Waals surface area contributed by atoms with Gasteiger partial charge >= 0.3 is 0 Å². The molecule has 140 valence electrons. The van der Waals surface area contributed by atoms with Gasteiger partial charge in [-0.15, -0.1) is 0 Å². The first-order valence-corrected chi connectivity index (χ1v) is 8.89. The summed E-state index contributed by atoms with van der Waals surface area (Å²) in [4.78, 5) is 36.7. The van der Waals surface area contributed by atoms with Gasteiger partial charge in [-0.2, -0.15) is 5.10 Å². The molecule has 2 rings (SSSR count). The highest BCUT2D eigenvalue weighted by Gasteiger charge is 2.28. The van der Waals surface area contributed by atoms with E-state index in [9.17, 15) is 14.4 Å². The summed E-state index contributed by atoms with van der Waals surface area (Å²) >= 11 is 0. The lowest BCUT2D eigenvalue weighted by Crippen LogP contribution is -2.48. The van der Waals surface area contributed by atoms with E-state index in [1.165, 1.54) is 5.01 Å². The fourth-order valence-electron chi connectivity index (χ4n) is 2.60. The van der Waals surface area contributed by atoms with Gasteiger partial charge in [0.15, 0.2) is 0 Å². The van der Waals surface area contributed by atoms with E-state index in [-0.39, 0.29) is 30.4 Å². The summed E-state index contributed by atoms with van der Waals surface area (Å²) in [6.07, 6.45) is 1.29. The zero-order valence-electron chi connectivity index (χ0n) is 15.8. The number of anilines is 1. The number of amides is 3. The molecule has 1 aliphatic rings. The molecule has 0 saturated heterocycles. The average Bonchev–Trinajstić information content (AvgIpc) is 2.62. The summed E-state index contributed by atoms with van der Waals surface area (Å²) in [5, 5.41) is 10.9. The number of carbonyl (C=O) groups excluding carboxylic acids is 3. The molecule has 7 nitrogen and oxygen atoms in total. The van der Waals surface area contributed by atoms with E-state index in [2.05, 4.69) is 15.7 Å². The van der Waals surface area contributed by atoms with Gasteiger partial charge in [0.1, 0.15) is 11.8 Å². The number of benzene rings is 1. The minimum absolute atomic E-state index is 0.149. The van der Waals surface area contributed by atoms with Crippen LogP contribution in [-0.2, 0) is 14.4 Å². The number of hydrazone groups is 1. The topological polar surface area (TPSA) is 90.9 Å². The molecule has 7 heteroatoms. The smallest absolute Gasteiger partial charge is 0.268 e. The molecule has 3 amide bonds. The fourth-order valence-corrected chi connectivity index (χ4v) is 2.60. The Bertz CT molecular complexity index is 742. The number of nitrogens with one attached hydrogen (secondary N) is 2. The van der Waals surface area contributed by atoms with E-state index in [1.54, 1.807) is 6.92 Å². The highest BCUT2D eigenvalue weighted by Crippen LogP contribution is 2.25.